The van der Waals surface area contributed by atoms with Crippen LogP contribution in [0.15, 0.2) is 31.1 Å². The highest BCUT2D eigenvalue weighted by molar-refractivity contribution is 6.28. The molecule has 3 heterocycles. The molecule has 0 aliphatic carbocycles. The molecule has 0 spiro atoms. The lowest BCUT2D eigenvalue weighted by molar-refractivity contribution is 0.621. The van der Waals surface area contributed by atoms with Crippen molar-refractivity contribution in [2.45, 2.75) is 0 Å². The fraction of sp³-hybridized carbons (Fsp3) is 0. The highest BCUT2D eigenvalue weighted by atomic mass is 35.5. The van der Waals surface area contributed by atoms with Gasteiger partial charge in [0.1, 0.15) is 18.5 Å². The number of halogens is 2. The van der Waals surface area contributed by atoms with Gasteiger partial charge in [0.25, 0.3) is 5.95 Å². The predicted molar refractivity (Wildman–Crippen MR) is 62.9 cm³/mol. The van der Waals surface area contributed by atoms with Gasteiger partial charge in [-0.15, -0.1) is 0 Å². The Morgan fingerprint density at radius 1 is 1.11 bits per heavy atom. The SMILES string of the molecule is Fc1cncc(-c2nc(Cl)nc(-n3cncn3)n2)c1. The van der Waals surface area contributed by atoms with E-state index >= 15 is 0 Å². The van der Waals surface area contributed by atoms with Crippen LogP contribution in [0.2, 0.25) is 5.28 Å². The number of hydrogen-bond donors (Lipinski definition) is 0. The molecular formula is C10H5ClFN7. The number of pyridine rings is 1. The van der Waals surface area contributed by atoms with Crippen LogP contribution in [0, 0.1) is 5.82 Å². The molecule has 3 aromatic heterocycles. The van der Waals surface area contributed by atoms with Gasteiger partial charge in [-0.3, -0.25) is 4.98 Å². The van der Waals surface area contributed by atoms with E-state index in [0.717, 1.165) is 6.20 Å². The molecule has 94 valence electrons. The number of nitrogens with zero attached hydrogens (tertiary/aromatic N) is 7. The van der Waals surface area contributed by atoms with Crippen LogP contribution in [0.3, 0.4) is 0 Å². The second-order valence-corrected chi connectivity index (χ2v) is 3.80. The van der Waals surface area contributed by atoms with Gasteiger partial charge >= 0.3 is 0 Å². The summed E-state index contributed by atoms with van der Waals surface area (Å²) in [6.45, 7) is 0. The van der Waals surface area contributed by atoms with Gasteiger partial charge in [0, 0.05) is 11.8 Å². The van der Waals surface area contributed by atoms with Crippen LogP contribution in [0.1, 0.15) is 0 Å². The summed E-state index contributed by atoms with van der Waals surface area (Å²) in [4.78, 5) is 19.5. The van der Waals surface area contributed by atoms with E-state index in [1.165, 1.54) is 29.6 Å². The minimum absolute atomic E-state index is 0.0280. The van der Waals surface area contributed by atoms with Crippen LogP contribution in [-0.2, 0) is 0 Å². The Bertz CT molecular complexity index is 716. The van der Waals surface area contributed by atoms with E-state index in [1.54, 1.807) is 0 Å². The molecule has 0 radical (unpaired) electrons. The molecule has 9 heteroatoms. The first kappa shape index (κ1) is 11.6. The lowest BCUT2D eigenvalue weighted by atomic mass is 10.3. The monoisotopic (exact) mass is 277 g/mol. The van der Waals surface area contributed by atoms with E-state index in [1.807, 2.05) is 0 Å². The van der Waals surface area contributed by atoms with Crippen LogP contribution in [0.4, 0.5) is 4.39 Å². The summed E-state index contributed by atoms with van der Waals surface area (Å²) in [5.41, 5.74) is 0.394. The molecule has 0 saturated carbocycles. The largest absolute Gasteiger partial charge is 0.261 e. The van der Waals surface area contributed by atoms with Crippen molar-refractivity contribution in [1.29, 1.82) is 0 Å². The smallest absolute Gasteiger partial charge is 0.256 e. The molecule has 0 aromatic carbocycles. The molecular weight excluding hydrogens is 273 g/mol. The van der Waals surface area contributed by atoms with Gasteiger partial charge in [-0.25, -0.2) is 9.37 Å². The number of hydrogen-bond acceptors (Lipinski definition) is 6. The first-order valence-corrected chi connectivity index (χ1v) is 5.48. The molecule has 0 amide bonds. The third-order valence-electron chi connectivity index (χ3n) is 2.18. The van der Waals surface area contributed by atoms with Gasteiger partial charge in [-0.1, -0.05) is 0 Å². The molecule has 0 aliphatic rings. The van der Waals surface area contributed by atoms with Crippen LogP contribution in [-0.4, -0.2) is 34.7 Å². The highest BCUT2D eigenvalue weighted by Gasteiger charge is 2.10. The zero-order valence-corrected chi connectivity index (χ0v) is 10.0. The van der Waals surface area contributed by atoms with E-state index in [-0.39, 0.29) is 17.1 Å². The Balaban J connectivity index is 2.12. The van der Waals surface area contributed by atoms with Gasteiger partial charge < -0.3 is 0 Å². The van der Waals surface area contributed by atoms with Crippen LogP contribution in [0.5, 0.6) is 0 Å². The predicted octanol–water partition coefficient (Wildman–Crippen LogP) is 1.31. The second-order valence-electron chi connectivity index (χ2n) is 3.46. The summed E-state index contributed by atoms with van der Waals surface area (Å²) in [6, 6.07) is 1.25. The zero-order valence-electron chi connectivity index (χ0n) is 9.27. The van der Waals surface area contributed by atoms with E-state index in [4.69, 9.17) is 11.6 Å². The van der Waals surface area contributed by atoms with Gasteiger partial charge in [-0.05, 0) is 17.7 Å². The first-order chi connectivity index (χ1) is 9.22. The van der Waals surface area contributed by atoms with Crippen LogP contribution >= 0.6 is 11.6 Å². The van der Waals surface area contributed by atoms with Gasteiger partial charge in [0.05, 0.1) is 6.20 Å². The molecule has 7 nitrogen and oxygen atoms in total. The van der Waals surface area contributed by atoms with Crippen molar-refractivity contribution in [3.05, 3.63) is 42.2 Å². The van der Waals surface area contributed by atoms with Gasteiger partial charge in [0.2, 0.25) is 5.28 Å². The number of aromatic nitrogens is 7. The molecule has 0 aliphatic heterocycles. The van der Waals surface area contributed by atoms with Crippen LogP contribution < -0.4 is 0 Å². The first-order valence-electron chi connectivity index (χ1n) is 5.10. The molecule has 19 heavy (non-hydrogen) atoms. The third-order valence-corrected chi connectivity index (χ3v) is 2.35. The maximum absolute atomic E-state index is 13.1. The van der Waals surface area contributed by atoms with Crippen molar-refractivity contribution in [2.24, 2.45) is 0 Å². The molecule has 3 aromatic rings. The van der Waals surface area contributed by atoms with Gasteiger partial charge in [0.15, 0.2) is 5.82 Å². The molecule has 0 N–H and O–H groups in total. The molecule has 0 fully saturated rings. The minimum atomic E-state index is -0.489. The summed E-state index contributed by atoms with van der Waals surface area (Å²) in [5.74, 6) is -0.0920. The van der Waals surface area contributed by atoms with E-state index in [9.17, 15) is 4.39 Å². The van der Waals surface area contributed by atoms with Crippen molar-refractivity contribution in [1.82, 2.24) is 34.7 Å². The lowest BCUT2D eigenvalue weighted by Gasteiger charge is -2.03. The fourth-order valence-electron chi connectivity index (χ4n) is 1.42. The Labute approximate surface area is 111 Å². The topological polar surface area (TPSA) is 82.3 Å². The van der Waals surface area contributed by atoms with E-state index < -0.39 is 5.82 Å². The molecule has 0 bridgehead atoms. The Morgan fingerprint density at radius 2 is 2.00 bits per heavy atom. The van der Waals surface area contributed by atoms with Crippen molar-refractivity contribution in [3.63, 3.8) is 0 Å². The highest BCUT2D eigenvalue weighted by Crippen LogP contribution is 2.17. The molecule has 3 rings (SSSR count). The summed E-state index contributed by atoms with van der Waals surface area (Å²) >= 11 is 5.82. The summed E-state index contributed by atoms with van der Waals surface area (Å²) in [7, 11) is 0. The molecule has 0 atom stereocenters. The van der Waals surface area contributed by atoms with Crippen molar-refractivity contribution < 1.29 is 4.39 Å². The maximum atomic E-state index is 13.1. The minimum Gasteiger partial charge on any atom is -0.261 e. The Kier molecular flexibility index (Phi) is 2.84. The average molecular weight is 278 g/mol. The van der Waals surface area contributed by atoms with Crippen molar-refractivity contribution in [2.75, 3.05) is 0 Å². The van der Waals surface area contributed by atoms with E-state index in [2.05, 4.69) is 30.0 Å². The fourth-order valence-corrected chi connectivity index (χ4v) is 1.57. The quantitative estimate of drug-likeness (QED) is 0.702. The maximum Gasteiger partial charge on any atom is 0.256 e. The standard InChI is InChI=1S/C10H5ClFN7/c11-9-16-8(6-1-7(12)3-13-2-6)17-10(18-9)19-5-14-4-15-19/h1-5H. The third kappa shape index (κ3) is 2.38. The van der Waals surface area contributed by atoms with E-state index in [0.29, 0.717) is 5.56 Å². The Morgan fingerprint density at radius 3 is 2.74 bits per heavy atom. The van der Waals surface area contributed by atoms with Gasteiger partial charge in [-0.2, -0.15) is 24.7 Å². The number of rotatable bonds is 2. The van der Waals surface area contributed by atoms with Crippen molar-refractivity contribution in [3.8, 4) is 17.3 Å². The average Bonchev–Trinajstić information content (AvgIpc) is 2.92. The zero-order chi connectivity index (χ0) is 13.2. The summed E-state index contributed by atoms with van der Waals surface area (Å²) in [5, 5.41) is 3.86. The molecule has 0 unspecified atom stereocenters. The summed E-state index contributed by atoms with van der Waals surface area (Å²) < 4.78 is 14.5. The normalized spacial score (nSPS) is 10.6. The van der Waals surface area contributed by atoms with Crippen molar-refractivity contribution >= 4 is 11.6 Å². The lowest BCUT2D eigenvalue weighted by Crippen LogP contribution is -2.05. The summed E-state index contributed by atoms with van der Waals surface area (Å²) in [6.07, 6.45) is 5.27. The van der Waals surface area contributed by atoms with Crippen LogP contribution in [0.25, 0.3) is 17.3 Å². The second kappa shape index (κ2) is 4.65. The Hall–Kier alpha value is -2.48. The molecule has 0 saturated heterocycles.